The maximum Gasteiger partial charge on any atom is 0.248 e. The molecule has 0 spiro atoms. The molecule has 1 unspecified atom stereocenters. The van der Waals surface area contributed by atoms with Gasteiger partial charge < -0.3 is 14.6 Å². The van der Waals surface area contributed by atoms with Gasteiger partial charge in [0.2, 0.25) is 5.91 Å². The fourth-order valence-electron chi connectivity index (χ4n) is 3.78. The van der Waals surface area contributed by atoms with Crippen molar-refractivity contribution in [3.8, 4) is 16.9 Å². The van der Waals surface area contributed by atoms with Crippen LogP contribution >= 0.6 is 0 Å². The van der Waals surface area contributed by atoms with Gasteiger partial charge in [-0.05, 0) is 71.7 Å². The van der Waals surface area contributed by atoms with Crippen molar-refractivity contribution in [2.45, 2.75) is 30.5 Å². The van der Waals surface area contributed by atoms with E-state index in [2.05, 4.69) is 17.2 Å². The molecule has 1 N–H and O–H groups in total. The van der Waals surface area contributed by atoms with Crippen molar-refractivity contribution in [1.82, 2.24) is 9.55 Å². The van der Waals surface area contributed by atoms with Crippen LogP contribution in [0.4, 0.5) is 5.69 Å². The van der Waals surface area contributed by atoms with Gasteiger partial charge in [0, 0.05) is 29.4 Å². The highest BCUT2D eigenvalue weighted by molar-refractivity contribution is 7.84. The lowest BCUT2D eigenvalue weighted by Gasteiger charge is -2.08. The molecule has 0 bridgehead atoms. The Bertz CT molecular complexity index is 1360. The molecule has 0 fully saturated rings. The quantitative estimate of drug-likeness (QED) is 0.275. The summed E-state index contributed by atoms with van der Waals surface area (Å²) in [6.45, 7) is 2.96. The summed E-state index contributed by atoms with van der Waals surface area (Å²) in [5.74, 6) is 0.983. The van der Waals surface area contributed by atoms with Crippen molar-refractivity contribution in [3.63, 3.8) is 0 Å². The number of rotatable bonds is 10. The Morgan fingerprint density at radius 1 is 1.06 bits per heavy atom. The fourth-order valence-corrected chi connectivity index (χ4v) is 4.89. The van der Waals surface area contributed by atoms with E-state index >= 15 is 0 Å². The topological polar surface area (TPSA) is 73.2 Å². The van der Waals surface area contributed by atoms with E-state index in [1.807, 2.05) is 53.1 Å². The maximum absolute atomic E-state index is 12.8. The van der Waals surface area contributed by atoms with Crippen LogP contribution in [0.25, 0.3) is 17.2 Å². The third-order valence-corrected chi connectivity index (χ3v) is 7.02. The SMILES string of the molecule is CCCn1cncc1CS(=O)c1ccc(NC(=O)/C=C/c2cccc(-c3ccc(OC)cc3)c2)cc1. The summed E-state index contributed by atoms with van der Waals surface area (Å²) in [6, 6.07) is 22.9. The Labute approximate surface area is 214 Å². The molecule has 184 valence electrons. The first-order valence-electron chi connectivity index (χ1n) is 11.8. The van der Waals surface area contributed by atoms with Crippen LogP contribution in [0.1, 0.15) is 24.6 Å². The van der Waals surface area contributed by atoms with E-state index in [4.69, 9.17) is 4.74 Å². The highest BCUT2D eigenvalue weighted by Gasteiger charge is 2.10. The van der Waals surface area contributed by atoms with Gasteiger partial charge in [-0.1, -0.05) is 37.3 Å². The Balaban J connectivity index is 1.35. The first-order chi connectivity index (χ1) is 17.6. The largest absolute Gasteiger partial charge is 0.497 e. The van der Waals surface area contributed by atoms with Gasteiger partial charge in [0.1, 0.15) is 5.75 Å². The third kappa shape index (κ3) is 6.58. The third-order valence-electron chi connectivity index (χ3n) is 5.66. The predicted octanol–water partition coefficient (Wildman–Crippen LogP) is 5.93. The number of ether oxygens (including phenoxy) is 1. The summed E-state index contributed by atoms with van der Waals surface area (Å²) in [6.07, 6.45) is 7.82. The molecule has 0 saturated heterocycles. The Kier molecular flexibility index (Phi) is 8.47. The number of nitrogens with zero attached hydrogens (tertiary/aromatic N) is 2. The molecule has 1 amide bonds. The average molecular weight is 500 g/mol. The zero-order valence-electron chi connectivity index (χ0n) is 20.4. The van der Waals surface area contributed by atoms with Gasteiger partial charge in [-0.2, -0.15) is 0 Å². The van der Waals surface area contributed by atoms with Crippen LogP contribution in [-0.2, 0) is 27.9 Å². The van der Waals surface area contributed by atoms with Gasteiger partial charge in [-0.25, -0.2) is 4.98 Å². The number of hydrogen-bond acceptors (Lipinski definition) is 4. The summed E-state index contributed by atoms with van der Waals surface area (Å²) in [5.41, 5.74) is 4.65. The molecule has 0 saturated carbocycles. The summed E-state index contributed by atoms with van der Waals surface area (Å²) in [7, 11) is 0.455. The van der Waals surface area contributed by atoms with Crippen LogP contribution < -0.4 is 10.1 Å². The summed E-state index contributed by atoms with van der Waals surface area (Å²) in [4.78, 5) is 17.3. The predicted molar refractivity (Wildman–Crippen MR) is 145 cm³/mol. The second-order valence-electron chi connectivity index (χ2n) is 8.27. The molecule has 0 aliphatic carbocycles. The van der Waals surface area contributed by atoms with E-state index in [1.165, 1.54) is 6.08 Å². The number of hydrogen-bond donors (Lipinski definition) is 1. The number of nitrogens with one attached hydrogen (secondary N) is 1. The molecule has 1 atom stereocenters. The monoisotopic (exact) mass is 499 g/mol. The zero-order valence-corrected chi connectivity index (χ0v) is 21.2. The summed E-state index contributed by atoms with van der Waals surface area (Å²) < 4.78 is 20.0. The normalized spacial score (nSPS) is 11.9. The number of benzene rings is 3. The number of imidazole rings is 1. The molecule has 36 heavy (non-hydrogen) atoms. The molecule has 1 heterocycles. The highest BCUT2D eigenvalue weighted by Crippen LogP contribution is 2.24. The number of aryl methyl sites for hydroxylation is 1. The van der Waals surface area contributed by atoms with E-state index in [0.717, 1.165) is 41.1 Å². The minimum Gasteiger partial charge on any atom is -0.497 e. The first-order valence-corrected chi connectivity index (χ1v) is 13.1. The lowest BCUT2D eigenvalue weighted by molar-refractivity contribution is -0.111. The lowest BCUT2D eigenvalue weighted by Crippen LogP contribution is -2.08. The second-order valence-corrected chi connectivity index (χ2v) is 9.72. The van der Waals surface area contributed by atoms with Gasteiger partial charge >= 0.3 is 0 Å². The van der Waals surface area contributed by atoms with E-state index < -0.39 is 10.8 Å². The zero-order chi connectivity index (χ0) is 25.3. The fraction of sp³-hybridized carbons (Fsp3) is 0.172. The van der Waals surface area contributed by atoms with Crippen LogP contribution in [0, 0.1) is 0 Å². The molecular formula is C29H29N3O3S. The minimum absolute atomic E-state index is 0.234. The number of carbonyl (C=O) groups excluding carboxylic acids is 1. The molecule has 0 aliphatic heterocycles. The van der Waals surface area contributed by atoms with Crippen molar-refractivity contribution < 1.29 is 13.7 Å². The van der Waals surface area contributed by atoms with Gasteiger partial charge in [-0.15, -0.1) is 0 Å². The van der Waals surface area contributed by atoms with Crippen LogP contribution in [0.3, 0.4) is 0 Å². The van der Waals surface area contributed by atoms with Crippen molar-refractivity contribution in [3.05, 3.63) is 103 Å². The van der Waals surface area contributed by atoms with E-state index in [1.54, 1.807) is 50.0 Å². The van der Waals surface area contributed by atoms with Crippen molar-refractivity contribution in [2.75, 3.05) is 12.4 Å². The summed E-state index contributed by atoms with van der Waals surface area (Å²) >= 11 is 0. The van der Waals surface area contributed by atoms with Crippen LogP contribution in [0.15, 0.2) is 96.3 Å². The number of anilines is 1. The molecule has 7 heteroatoms. The number of carbonyl (C=O) groups is 1. The average Bonchev–Trinajstić information content (AvgIpc) is 3.34. The molecule has 4 aromatic rings. The Morgan fingerprint density at radius 2 is 1.83 bits per heavy atom. The van der Waals surface area contributed by atoms with Crippen molar-refractivity contribution in [1.29, 1.82) is 0 Å². The second kappa shape index (κ2) is 12.1. The van der Waals surface area contributed by atoms with E-state index in [9.17, 15) is 9.00 Å². The first kappa shape index (κ1) is 25.1. The smallest absolute Gasteiger partial charge is 0.248 e. The van der Waals surface area contributed by atoms with Crippen LogP contribution in [-0.4, -0.2) is 26.8 Å². The number of aromatic nitrogens is 2. The van der Waals surface area contributed by atoms with E-state index in [-0.39, 0.29) is 5.91 Å². The molecule has 3 aromatic carbocycles. The van der Waals surface area contributed by atoms with Gasteiger partial charge in [-0.3, -0.25) is 9.00 Å². The van der Waals surface area contributed by atoms with Gasteiger partial charge in [0.05, 0.1) is 35.7 Å². The molecule has 6 nitrogen and oxygen atoms in total. The lowest BCUT2D eigenvalue weighted by atomic mass is 10.0. The van der Waals surface area contributed by atoms with E-state index in [0.29, 0.717) is 16.3 Å². The molecule has 0 radical (unpaired) electrons. The molecule has 1 aromatic heterocycles. The maximum atomic E-state index is 12.8. The van der Waals surface area contributed by atoms with Crippen molar-refractivity contribution in [2.24, 2.45) is 0 Å². The van der Waals surface area contributed by atoms with Crippen molar-refractivity contribution >= 4 is 28.5 Å². The molecule has 4 rings (SSSR count). The Hall–Kier alpha value is -3.97. The highest BCUT2D eigenvalue weighted by atomic mass is 32.2. The van der Waals surface area contributed by atoms with Gasteiger partial charge in [0.25, 0.3) is 0 Å². The molecular weight excluding hydrogens is 470 g/mol. The molecule has 0 aliphatic rings. The number of methoxy groups -OCH3 is 1. The standard InChI is InChI=1S/C29H29N3O3S/c1-3-17-32-21-30-19-26(32)20-36(34)28-14-10-25(11-15-28)31-29(33)16-7-22-5-4-6-24(18-22)23-8-12-27(35-2)13-9-23/h4-16,18-19,21H,3,17,20H2,1-2H3,(H,31,33)/b16-7+. The summed E-state index contributed by atoms with van der Waals surface area (Å²) in [5, 5.41) is 2.86. The minimum atomic E-state index is -1.19. The Morgan fingerprint density at radius 3 is 2.56 bits per heavy atom. The van der Waals surface area contributed by atoms with Crippen LogP contribution in [0.5, 0.6) is 5.75 Å². The number of amides is 1. The van der Waals surface area contributed by atoms with Crippen LogP contribution in [0.2, 0.25) is 0 Å². The van der Waals surface area contributed by atoms with Gasteiger partial charge in [0.15, 0.2) is 0 Å².